The van der Waals surface area contributed by atoms with Crippen molar-refractivity contribution < 1.29 is 9.84 Å². The largest absolute Gasteiger partial charge is 0.362 e. The summed E-state index contributed by atoms with van der Waals surface area (Å²) in [5.41, 5.74) is 5.12. The van der Waals surface area contributed by atoms with E-state index < -0.39 is 5.79 Å². The highest BCUT2D eigenvalue weighted by Gasteiger charge is 2.35. The molecule has 218 valence electrons. The third-order valence-electron chi connectivity index (χ3n) is 10.4. The first-order valence-electron chi connectivity index (χ1n) is 16.8. The van der Waals surface area contributed by atoms with Crippen molar-refractivity contribution in [2.24, 2.45) is 17.8 Å². The first kappa shape index (κ1) is 29.6. The maximum Gasteiger partial charge on any atom is 0.190 e. The van der Waals surface area contributed by atoms with Gasteiger partial charge in [0.2, 0.25) is 0 Å². The predicted molar refractivity (Wildman–Crippen MR) is 168 cm³/mol. The molecule has 1 aromatic carbocycles. The van der Waals surface area contributed by atoms with Gasteiger partial charge in [0.15, 0.2) is 5.79 Å². The minimum absolute atomic E-state index is 0.00355. The summed E-state index contributed by atoms with van der Waals surface area (Å²) in [5, 5.41) is 11.6. The van der Waals surface area contributed by atoms with Crippen LogP contribution in [0.2, 0.25) is 0 Å². The van der Waals surface area contributed by atoms with Crippen LogP contribution in [0.25, 0.3) is 0 Å². The molecule has 3 unspecified atom stereocenters. The molecule has 1 aromatic rings. The number of aliphatic hydroxyl groups is 1. The second kappa shape index (κ2) is 14.3. The Morgan fingerprint density at radius 1 is 0.975 bits per heavy atom. The van der Waals surface area contributed by atoms with Crippen molar-refractivity contribution in [3.05, 3.63) is 83.0 Å². The Bertz CT molecular complexity index is 1040. The zero-order chi connectivity index (χ0) is 27.8. The number of benzene rings is 1. The van der Waals surface area contributed by atoms with Gasteiger partial charge in [0.05, 0.1) is 6.10 Å². The standard InChI is InChI=1S/C38H54O2/c1-3-4-7-12-29-17-19-30(20-18-29)31-21-23-32(24-22-31)33-25-27-36(28-26-33)38(2,39)40-37(34-13-8-5-9-14-34)35-15-10-6-11-16-35/h5,8,13,21-23,25-30,32,35,37,39H,3-4,6-7,9-12,14-20,24H2,1-2H3. The summed E-state index contributed by atoms with van der Waals surface area (Å²) in [7, 11) is 0. The fourth-order valence-corrected chi connectivity index (χ4v) is 7.78. The highest BCUT2D eigenvalue weighted by Crippen LogP contribution is 2.40. The summed E-state index contributed by atoms with van der Waals surface area (Å²) in [6.07, 6.45) is 34.6. The number of unbranched alkanes of at least 4 members (excludes halogenated alkanes) is 2. The minimum Gasteiger partial charge on any atom is -0.362 e. The fraction of sp³-hybridized carbons (Fsp3) is 0.632. The van der Waals surface area contributed by atoms with E-state index in [0.29, 0.717) is 11.8 Å². The molecule has 2 saturated carbocycles. The third-order valence-corrected chi connectivity index (χ3v) is 10.4. The first-order valence-corrected chi connectivity index (χ1v) is 16.8. The monoisotopic (exact) mass is 542 g/mol. The van der Waals surface area contributed by atoms with E-state index in [-0.39, 0.29) is 6.10 Å². The van der Waals surface area contributed by atoms with E-state index in [2.05, 4.69) is 67.6 Å². The lowest BCUT2D eigenvalue weighted by molar-refractivity contribution is -0.230. The molecule has 0 radical (unpaired) electrons. The summed E-state index contributed by atoms with van der Waals surface area (Å²) < 4.78 is 6.63. The van der Waals surface area contributed by atoms with Crippen molar-refractivity contribution in [1.82, 2.24) is 0 Å². The molecule has 1 N–H and O–H groups in total. The van der Waals surface area contributed by atoms with Gasteiger partial charge in [-0.25, -0.2) is 0 Å². The Morgan fingerprint density at radius 2 is 1.75 bits per heavy atom. The van der Waals surface area contributed by atoms with Crippen molar-refractivity contribution in [2.75, 3.05) is 0 Å². The SMILES string of the molecule is CCCCCC1CCC(C2=CCC(c3ccc(C(C)(O)OC(C4=CC=CCC4)C4CCCCC4)cc3)C=C2)CC1. The van der Waals surface area contributed by atoms with Crippen LogP contribution in [-0.4, -0.2) is 11.2 Å². The maximum atomic E-state index is 11.6. The maximum absolute atomic E-state index is 11.6. The predicted octanol–water partition coefficient (Wildman–Crippen LogP) is 10.5. The molecule has 4 aliphatic rings. The molecular formula is C38H54O2. The van der Waals surface area contributed by atoms with Gasteiger partial charge in [0.1, 0.15) is 0 Å². The highest BCUT2D eigenvalue weighted by molar-refractivity contribution is 5.36. The third kappa shape index (κ3) is 7.68. The molecule has 0 aromatic heterocycles. The Balaban J connectivity index is 1.17. The van der Waals surface area contributed by atoms with Crippen LogP contribution in [0.4, 0.5) is 0 Å². The topological polar surface area (TPSA) is 29.5 Å². The summed E-state index contributed by atoms with van der Waals surface area (Å²) in [5.74, 6) is 1.36. The fourth-order valence-electron chi connectivity index (χ4n) is 7.78. The van der Waals surface area contributed by atoms with Gasteiger partial charge in [-0.2, -0.15) is 0 Å². The van der Waals surface area contributed by atoms with E-state index in [4.69, 9.17) is 4.74 Å². The van der Waals surface area contributed by atoms with Crippen LogP contribution in [0.3, 0.4) is 0 Å². The van der Waals surface area contributed by atoms with Gasteiger partial charge in [0, 0.05) is 11.5 Å². The van der Waals surface area contributed by atoms with E-state index in [1.807, 2.05) is 6.92 Å². The number of ether oxygens (including phenoxy) is 1. The average Bonchev–Trinajstić information content (AvgIpc) is 3.01. The van der Waals surface area contributed by atoms with E-state index in [0.717, 1.165) is 36.7 Å². The van der Waals surface area contributed by atoms with Crippen LogP contribution in [0.5, 0.6) is 0 Å². The van der Waals surface area contributed by atoms with Crippen LogP contribution in [0, 0.1) is 17.8 Å². The van der Waals surface area contributed by atoms with Crippen LogP contribution >= 0.6 is 0 Å². The molecule has 0 heterocycles. The van der Waals surface area contributed by atoms with Crippen LogP contribution in [0.1, 0.15) is 134 Å². The summed E-state index contributed by atoms with van der Waals surface area (Å²) in [4.78, 5) is 0. The van der Waals surface area contributed by atoms with Crippen LogP contribution < -0.4 is 0 Å². The summed E-state index contributed by atoms with van der Waals surface area (Å²) in [6, 6.07) is 8.60. The lowest BCUT2D eigenvalue weighted by Gasteiger charge is -2.38. The quantitative estimate of drug-likeness (QED) is 0.223. The number of hydrogen-bond acceptors (Lipinski definition) is 2. The number of hydrogen-bond donors (Lipinski definition) is 1. The van der Waals surface area contributed by atoms with Gasteiger partial charge in [-0.1, -0.05) is 113 Å². The Hall–Kier alpha value is -1.90. The van der Waals surface area contributed by atoms with Crippen molar-refractivity contribution in [2.45, 2.75) is 134 Å². The van der Waals surface area contributed by atoms with Gasteiger partial charge in [-0.15, -0.1) is 0 Å². The zero-order valence-electron chi connectivity index (χ0n) is 25.3. The molecule has 2 nitrogen and oxygen atoms in total. The molecule has 0 bridgehead atoms. The van der Waals surface area contributed by atoms with Crippen LogP contribution in [0.15, 0.2) is 71.9 Å². The summed E-state index contributed by atoms with van der Waals surface area (Å²) >= 11 is 0. The van der Waals surface area contributed by atoms with Crippen molar-refractivity contribution in [3.8, 4) is 0 Å². The second-order valence-corrected chi connectivity index (χ2v) is 13.4. The van der Waals surface area contributed by atoms with Gasteiger partial charge in [0.25, 0.3) is 0 Å². The Kier molecular flexibility index (Phi) is 10.6. The van der Waals surface area contributed by atoms with Crippen molar-refractivity contribution in [1.29, 1.82) is 0 Å². The minimum atomic E-state index is -1.30. The van der Waals surface area contributed by atoms with Gasteiger partial charge < -0.3 is 9.84 Å². The molecule has 5 rings (SSSR count). The first-order chi connectivity index (χ1) is 19.5. The second-order valence-electron chi connectivity index (χ2n) is 13.4. The smallest absolute Gasteiger partial charge is 0.190 e. The Morgan fingerprint density at radius 3 is 2.40 bits per heavy atom. The molecule has 3 atom stereocenters. The van der Waals surface area contributed by atoms with Crippen molar-refractivity contribution in [3.63, 3.8) is 0 Å². The molecule has 0 spiro atoms. The number of rotatable bonds is 11. The Labute approximate surface area is 244 Å². The molecule has 0 saturated heterocycles. The van der Waals surface area contributed by atoms with Crippen molar-refractivity contribution >= 4 is 0 Å². The number of allylic oxidation sites excluding steroid dienone is 7. The molecule has 40 heavy (non-hydrogen) atoms. The molecule has 2 heteroatoms. The van der Waals surface area contributed by atoms with E-state index in [1.165, 1.54) is 94.6 Å². The summed E-state index contributed by atoms with van der Waals surface area (Å²) in [6.45, 7) is 4.14. The molecule has 4 aliphatic carbocycles. The highest BCUT2D eigenvalue weighted by atomic mass is 16.6. The van der Waals surface area contributed by atoms with E-state index in [9.17, 15) is 5.11 Å². The van der Waals surface area contributed by atoms with E-state index in [1.54, 1.807) is 5.57 Å². The van der Waals surface area contributed by atoms with Gasteiger partial charge >= 0.3 is 0 Å². The zero-order valence-corrected chi connectivity index (χ0v) is 25.3. The van der Waals surface area contributed by atoms with Crippen LogP contribution in [-0.2, 0) is 10.5 Å². The van der Waals surface area contributed by atoms with E-state index >= 15 is 0 Å². The molecule has 2 fully saturated rings. The normalized spacial score (nSPS) is 28.0. The lowest BCUT2D eigenvalue weighted by Crippen LogP contribution is -2.37. The lowest BCUT2D eigenvalue weighted by atomic mass is 9.75. The molecule has 0 aliphatic heterocycles. The van der Waals surface area contributed by atoms with Gasteiger partial charge in [-0.05, 0) is 99.2 Å². The molecule has 0 amide bonds. The molecular weight excluding hydrogens is 488 g/mol. The average molecular weight is 543 g/mol. The van der Waals surface area contributed by atoms with Gasteiger partial charge in [-0.3, -0.25) is 0 Å².